The van der Waals surface area contributed by atoms with Gasteiger partial charge in [0.15, 0.2) is 0 Å². The van der Waals surface area contributed by atoms with Crippen molar-refractivity contribution in [2.24, 2.45) is 4.99 Å². The molecule has 0 aliphatic carbocycles. The van der Waals surface area contributed by atoms with Crippen molar-refractivity contribution in [1.82, 2.24) is 0 Å². The average Bonchev–Trinajstić information content (AvgIpc) is 2.70. The molecule has 0 spiro atoms. The second kappa shape index (κ2) is 10.2. The monoisotopic (exact) mass is 415 g/mol. The zero-order valence-electron chi connectivity index (χ0n) is 17.1. The van der Waals surface area contributed by atoms with E-state index in [4.69, 9.17) is 26.1 Å². The Morgan fingerprint density at radius 1 is 0.931 bits per heavy atom. The fourth-order valence-electron chi connectivity index (χ4n) is 2.66. The van der Waals surface area contributed by atoms with E-state index in [0.717, 1.165) is 11.1 Å². The summed E-state index contributed by atoms with van der Waals surface area (Å²) in [5.41, 5.74) is 1.61. The van der Waals surface area contributed by atoms with Gasteiger partial charge in [-0.1, -0.05) is 60.7 Å². The normalized spacial score (nSPS) is 13.1. The molecule has 2 atom stereocenters. The first-order chi connectivity index (χ1) is 13.7. The Bertz CT molecular complexity index is 803. The highest BCUT2D eigenvalue weighted by Crippen LogP contribution is 2.19. The first kappa shape index (κ1) is 22.6. The molecule has 0 saturated heterocycles. The SMILES string of the molecule is COC(=O)[C@@H](Cl)C[C@@H](N=C(c1ccccc1)c1ccccc1)C(=O)OC(C)(C)C. The van der Waals surface area contributed by atoms with Gasteiger partial charge in [-0.25, -0.2) is 4.79 Å². The van der Waals surface area contributed by atoms with Crippen molar-refractivity contribution >= 4 is 29.3 Å². The predicted molar refractivity (Wildman–Crippen MR) is 114 cm³/mol. The number of hydrogen-bond donors (Lipinski definition) is 0. The van der Waals surface area contributed by atoms with Gasteiger partial charge in [-0.2, -0.15) is 0 Å². The van der Waals surface area contributed by atoms with Crippen LogP contribution in [0.1, 0.15) is 38.3 Å². The molecule has 154 valence electrons. The Labute approximate surface area is 176 Å². The van der Waals surface area contributed by atoms with E-state index in [1.54, 1.807) is 20.8 Å². The van der Waals surface area contributed by atoms with Crippen molar-refractivity contribution < 1.29 is 19.1 Å². The molecular formula is C23H26ClNO4. The summed E-state index contributed by atoms with van der Waals surface area (Å²) in [5.74, 6) is -1.16. The number of aliphatic imine (C=N–C) groups is 1. The van der Waals surface area contributed by atoms with Crippen LogP contribution in [0.25, 0.3) is 0 Å². The van der Waals surface area contributed by atoms with Gasteiger partial charge in [0.25, 0.3) is 0 Å². The number of ether oxygens (including phenoxy) is 2. The quantitative estimate of drug-likeness (QED) is 0.382. The summed E-state index contributed by atoms with van der Waals surface area (Å²) in [7, 11) is 1.25. The highest BCUT2D eigenvalue weighted by molar-refractivity contribution is 6.30. The molecule has 29 heavy (non-hydrogen) atoms. The van der Waals surface area contributed by atoms with E-state index in [9.17, 15) is 9.59 Å². The van der Waals surface area contributed by atoms with Gasteiger partial charge < -0.3 is 9.47 Å². The number of benzene rings is 2. The van der Waals surface area contributed by atoms with Crippen molar-refractivity contribution in [2.75, 3.05) is 7.11 Å². The minimum atomic E-state index is -1.02. The molecule has 0 amide bonds. The Kier molecular flexibility index (Phi) is 7.97. The minimum absolute atomic E-state index is 0.0354. The van der Waals surface area contributed by atoms with Gasteiger partial charge in [-0.3, -0.25) is 9.79 Å². The van der Waals surface area contributed by atoms with Crippen LogP contribution >= 0.6 is 11.6 Å². The minimum Gasteiger partial charge on any atom is -0.468 e. The number of halogens is 1. The van der Waals surface area contributed by atoms with Gasteiger partial charge in [0, 0.05) is 17.5 Å². The van der Waals surface area contributed by atoms with Crippen LogP contribution in [-0.2, 0) is 19.1 Å². The van der Waals surface area contributed by atoms with Crippen LogP contribution in [0.3, 0.4) is 0 Å². The lowest BCUT2D eigenvalue weighted by Crippen LogP contribution is -2.34. The molecule has 0 radical (unpaired) electrons. The molecule has 2 aromatic carbocycles. The van der Waals surface area contributed by atoms with Gasteiger partial charge in [0.2, 0.25) is 0 Å². The molecule has 0 aliphatic heterocycles. The summed E-state index contributed by atoms with van der Waals surface area (Å²) in [5, 5.41) is -1.02. The first-order valence-electron chi connectivity index (χ1n) is 9.34. The number of rotatable bonds is 7. The maximum absolute atomic E-state index is 12.9. The number of methoxy groups -OCH3 is 1. The summed E-state index contributed by atoms with van der Waals surface area (Å²) >= 11 is 6.17. The van der Waals surface area contributed by atoms with Crippen molar-refractivity contribution in [3.63, 3.8) is 0 Å². The number of hydrogen-bond acceptors (Lipinski definition) is 5. The molecule has 2 aromatic rings. The second-order valence-corrected chi connectivity index (χ2v) is 8.01. The third-order valence-corrected chi connectivity index (χ3v) is 4.30. The van der Waals surface area contributed by atoms with E-state index in [1.807, 2.05) is 60.7 Å². The third-order valence-electron chi connectivity index (χ3n) is 3.95. The van der Waals surface area contributed by atoms with Gasteiger partial charge >= 0.3 is 11.9 Å². The molecule has 0 N–H and O–H groups in total. The summed E-state index contributed by atoms with van der Waals surface area (Å²) < 4.78 is 10.2. The molecule has 0 aromatic heterocycles. The lowest BCUT2D eigenvalue weighted by Gasteiger charge is -2.23. The second-order valence-electron chi connectivity index (χ2n) is 7.49. The average molecular weight is 416 g/mol. The van der Waals surface area contributed by atoms with Crippen LogP contribution in [-0.4, -0.2) is 41.8 Å². The molecule has 0 fully saturated rings. The van der Waals surface area contributed by atoms with E-state index in [-0.39, 0.29) is 6.42 Å². The summed E-state index contributed by atoms with van der Waals surface area (Å²) in [6, 6.07) is 18.1. The summed E-state index contributed by atoms with van der Waals surface area (Å²) in [6.07, 6.45) is -0.0354. The Balaban J connectivity index is 2.50. The molecular weight excluding hydrogens is 390 g/mol. The maximum Gasteiger partial charge on any atom is 0.331 e. The molecule has 6 heteroatoms. The third kappa shape index (κ3) is 7.02. The largest absolute Gasteiger partial charge is 0.468 e. The molecule has 5 nitrogen and oxygen atoms in total. The molecule has 0 saturated carbocycles. The topological polar surface area (TPSA) is 65.0 Å². The zero-order chi connectivity index (χ0) is 21.4. The van der Waals surface area contributed by atoms with Crippen molar-refractivity contribution in [2.45, 2.75) is 44.2 Å². The van der Waals surface area contributed by atoms with Crippen LogP contribution in [0, 0.1) is 0 Å². The molecule has 0 heterocycles. The first-order valence-corrected chi connectivity index (χ1v) is 9.78. The molecule has 0 bridgehead atoms. The van der Waals surface area contributed by atoms with Crippen molar-refractivity contribution in [3.8, 4) is 0 Å². The molecule has 0 aliphatic rings. The van der Waals surface area contributed by atoms with E-state index in [2.05, 4.69) is 0 Å². The van der Waals surface area contributed by atoms with Gasteiger partial charge in [-0.15, -0.1) is 11.6 Å². The zero-order valence-corrected chi connectivity index (χ0v) is 17.8. The smallest absolute Gasteiger partial charge is 0.331 e. The van der Waals surface area contributed by atoms with Gasteiger partial charge in [-0.05, 0) is 20.8 Å². The molecule has 2 rings (SSSR count). The van der Waals surface area contributed by atoms with Crippen molar-refractivity contribution in [3.05, 3.63) is 71.8 Å². The van der Waals surface area contributed by atoms with Gasteiger partial charge in [0.1, 0.15) is 17.0 Å². The fourth-order valence-corrected chi connectivity index (χ4v) is 2.91. The van der Waals surface area contributed by atoms with Crippen LogP contribution in [0.15, 0.2) is 65.7 Å². The number of alkyl halides is 1. The van der Waals surface area contributed by atoms with Crippen molar-refractivity contribution in [1.29, 1.82) is 0 Å². The Morgan fingerprint density at radius 3 is 1.83 bits per heavy atom. The van der Waals surface area contributed by atoms with Crippen LogP contribution in [0.5, 0.6) is 0 Å². The number of carbonyl (C=O) groups is 2. The predicted octanol–water partition coefficient (Wildman–Crippen LogP) is 4.40. The standard InChI is InChI=1S/C23H26ClNO4/c1-23(2,3)29-22(27)19(15-18(24)21(26)28-4)25-20(16-11-7-5-8-12-16)17-13-9-6-10-14-17/h5-14,18-19H,15H2,1-4H3/t18-,19+/m0/s1. The summed E-state index contributed by atoms with van der Waals surface area (Å²) in [4.78, 5) is 29.4. The fraction of sp³-hybridized carbons (Fsp3) is 0.348. The number of carbonyl (C=O) groups excluding carboxylic acids is 2. The lowest BCUT2D eigenvalue weighted by atomic mass is 10.0. The van der Waals surface area contributed by atoms with E-state index >= 15 is 0 Å². The van der Waals surface area contributed by atoms with Crippen LogP contribution < -0.4 is 0 Å². The summed E-state index contributed by atoms with van der Waals surface area (Å²) in [6.45, 7) is 5.33. The highest BCUT2D eigenvalue weighted by Gasteiger charge is 2.30. The Morgan fingerprint density at radius 2 is 1.41 bits per heavy atom. The maximum atomic E-state index is 12.9. The highest BCUT2D eigenvalue weighted by atomic mass is 35.5. The lowest BCUT2D eigenvalue weighted by molar-refractivity contribution is -0.156. The van der Waals surface area contributed by atoms with Gasteiger partial charge in [0.05, 0.1) is 12.8 Å². The Hall–Kier alpha value is -2.66. The van der Waals surface area contributed by atoms with Crippen LogP contribution in [0.4, 0.5) is 0 Å². The number of nitrogens with zero attached hydrogens (tertiary/aromatic N) is 1. The van der Waals surface area contributed by atoms with E-state index < -0.39 is 29.0 Å². The molecule has 0 unspecified atom stereocenters. The van der Waals surface area contributed by atoms with Crippen LogP contribution in [0.2, 0.25) is 0 Å². The van der Waals surface area contributed by atoms with E-state index in [1.165, 1.54) is 7.11 Å². The van der Waals surface area contributed by atoms with E-state index in [0.29, 0.717) is 5.71 Å². The number of esters is 2.